The molecule has 0 aliphatic heterocycles. The molecule has 1 aromatic heterocycles. The normalized spacial score (nSPS) is 10.2. The van der Waals surface area contributed by atoms with Gasteiger partial charge in [-0.3, -0.25) is 0 Å². The lowest BCUT2D eigenvalue weighted by molar-refractivity contribution is 0.302. The van der Waals surface area contributed by atoms with Crippen LogP contribution in [0, 0.1) is 0 Å². The molecule has 1 aromatic carbocycles. The van der Waals surface area contributed by atoms with Gasteiger partial charge in [-0.05, 0) is 18.2 Å². The Morgan fingerprint density at radius 1 is 1.47 bits per heavy atom. The molecule has 2 rings (SSSR count). The number of halogens is 1. The molecule has 78 valence electrons. The smallest absolute Gasteiger partial charge is 0.136 e. The molecule has 0 atom stereocenters. The molecule has 0 aliphatic carbocycles. The molecule has 2 aromatic rings. The first-order valence-corrected chi connectivity index (χ1v) is 5.36. The van der Waals surface area contributed by atoms with Crippen molar-refractivity contribution in [3.8, 4) is 5.75 Å². The molecule has 15 heavy (non-hydrogen) atoms. The predicted molar refractivity (Wildman–Crippen MR) is 60.1 cm³/mol. The summed E-state index contributed by atoms with van der Waals surface area (Å²) in [7, 11) is 0. The maximum Gasteiger partial charge on any atom is 0.136 e. The Hall–Kier alpha value is -1.33. The first kappa shape index (κ1) is 10.2. The number of nitrogen functional groups attached to an aromatic ring is 1. The predicted octanol–water partition coefficient (Wildman–Crippen LogP) is 2.35. The lowest BCUT2D eigenvalue weighted by Crippen LogP contribution is -1.98. The molecule has 0 fully saturated rings. The third-order valence-electron chi connectivity index (χ3n) is 1.76. The highest BCUT2D eigenvalue weighted by atomic mass is 35.5. The van der Waals surface area contributed by atoms with Gasteiger partial charge in [-0.2, -0.15) is 0 Å². The summed E-state index contributed by atoms with van der Waals surface area (Å²) in [6.45, 7) is 0.308. The van der Waals surface area contributed by atoms with Gasteiger partial charge in [0.2, 0.25) is 0 Å². The minimum atomic E-state index is 0.308. The lowest BCUT2D eigenvalue weighted by atomic mass is 10.3. The number of rotatable bonds is 3. The number of ether oxygens (including phenoxy) is 1. The second kappa shape index (κ2) is 4.46. The number of hydrogen-bond acceptors (Lipinski definition) is 5. The highest BCUT2D eigenvalue weighted by Gasteiger charge is 2.04. The summed E-state index contributed by atoms with van der Waals surface area (Å²) in [5.74, 6) is 0.690. The van der Waals surface area contributed by atoms with E-state index in [9.17, 15) is 0 Å². The zero-order valence-electron chi connectivity index (χ0n) is 7.68. The van der Waals surface area contributed by atoms with Crippen LogP contribution < -0.4 is 10.5 Å². The van der Waals surface area contributed by atoms with Crippen molar-refractivity contribution in [1.29, 1.82) is 0 Å². The van der Waals surface area contributed by atoms with Crippen LogP contribution in [0.5, 0.6) is 5.75 Å². The van der Waals surface area contributed by atoms with Crippen LogP contribution in [0.25, 0.3) is 0 Å². The minimum absolute atomic E-state index is 0.308. The highest BCUT2D eigenvalue weighted by molar-refractivity contribution is 7.09. The van der Waals surface area contributed by atoms with Crippen molar-refractivity contribution in [3.05, 3.63) is 35.0 Å². The Kier molecular flexibility index (Phi) is 3.03. The van der Waals surface area contributed by atoms with Crippen LogP contribution in [-0.4, -0.2) is 9.59 Å². The lowest BCUT2D eigenvalue weighted by Gasteiger charge is -2.04. The third kappa shape index (κ3) is 2.57. The van der Waals surface area contributed by atoms with E-state index in [4.69, 9.17) is 22.1 Å². The van der Waals surface area contributed by atoms with E-state index in [1.165, 1.54) is 0 Å². The summed E-state index contributed by atoms with van der Waals surface area (Å²) in [6, 6.07) is 7.16. The fourth-order valence-corrected chi connectivity index (χ4v) is 1.64. The van der Waals surface area contributed by atoms with E-state index in [1.807, 2.05) is 12.1 Å². The number of nitrogens with zero attached hydrogens (tertiary/aromatic N) is 2. The molecule has 2 N–H and O–H groups in total. The van der Waals surface area contributed by atoms with Crippen molar-refractivity contribution in [2.24, 2.45) is 0 Å². The topological polar surface area (TPSA) is 61.0 Å². The van der Waals surface area contributed by atoms with Crippen LogP contribution >= 0.6 is 23.1 Å². The molecular formula is C9H8ClN3OS. The zero-order chi connectivity index (χ0) is 10.7. The maximum absolute atomic E-state index is 5.81. The van der Waals surface area contributed by atoms with Crippen molar-refractivity contribution in [3.63, 3.8) is 0 Å². The molecular weight excluding hydrogens is 234 g/mol. The quantitative estimate of drug-likeness (QED) is 0.896. The van der Waals surface area contributed by atoms with Gasteiger partial charge in [0.1, 0.15) is 23.1 Å². The average Bonchev–Trinajstić information content (AvgIpc) is 2.61. The molecule has 0 bridgehead atoms. The fourth-order valence-electron chi connectivity index (χ4n) is 1.02. The standard InChI is InChI=1S/C9H8ClN3OS/c10-6-2-1-3-7(4-6)14-5-8-9(11)15-13-12-8/h1-4H,5,11H2. The van der Waals surface area contributed by atoms with Crippen LogP contribution in [-0.2, 0) is 6.61 Å². The van der Waals surface area contributed by atoms with E-state index in [1.54, 1.807) is 12.1 Å². The molecule has 4 nitrogen and oxygen atoms in total. The van der Waals surface area contributed by atoms with E-state index in [-0.39, 0.29) is 0 Å². The van der Waals surface area contributed by atoms with Gasteiger partial charge in [0.05, 0.1) is 0 Å². The second-order valence-corrected chi connectivity index (χ2v) is 4.05. The molecule has 1 heterocycles. The summed E-state index contributed by atoms with van der Waals surface area (Å²) < 4.78 is 9.16. The van der Waals surface area contributed by atoms with Crippen LogP contribution in [0.4, 0.5) is 5.00 Å². The summed E-state index contributed by atoms with van der Waals surface area (Å²) in [5.41, 5.74) is 6.27. The Bertz CT molecular complexity index is 460. The summed E-state index contributed by atoms with van der Waals surface area (Å²) in [6.07, 6.45) is 0. The van der Waals surface area contributed by atoms with Gasteiger partial charge in [-0.1, -0.05) is 22.2 Å². The second-order valence-electron chi connectivity index (χ2n) is 2.83. The van der Waals surface area contributed by atoms with Crippen LogP contribution in [0.15, 0.2) is 24.3 Å². The van der Waals surface area contributed by atoms with Gasteiger partial charge < -0.3 is 10.5 Å². The number of benzene rings is 1. The van der Waals surface area contributed by atoms with E-state index >= 15 is 0 Å². The molecule has 0 aliphatic rings. The van der Waals surface area contributed by atoms with Crippen molar-refractivity contribution in [1.82, 2.24) is 9.59 Å². The first-order valence-electron chi connectivity index (χ1n) is 4.21. The van der Waals surface area contributed by atoms with E-state index in [0.717, 1.165) is 11.5 Å². The first-order chi connectivity index (χ1) is 7.25. The molecule has 6 heteroatoms. The molecule has 0 saturated heterocycles. The Labute approximate surface area is 95.8 Å². The van der Waals surface area contributed by atoms with Gasteiger partial charge in [0.25, 0.3) is 0 Å². The average molecular weight is 242 g/mol. The third-order valence-corrected chi connectivity index (χ3v) is 2.59. The number of nitrogens with two attached hydrogens (primary N) is 1. The zero-order valence-corrected chi connectivity index (χ0v) is 9.26. The Balaban J connectivity index is 2.02. The SMILES string of the molecule is Nc1snnc1COc1cccc(Cl)c1. The van der Waals surface area contributed by atoms with Crippen LogP contribution in [0.3, 0.4) is 0 Å². The fraction of sp³-hybridized carbons (Fsp3) is 0.111. The van der Waals surface area contributed by atoms with E-state index in [2.05, 4.69) is 9.59 Å². The largest absolute Gasteiger partial charge is 0.487 e. The van der Waals surface area contributed by atoms with E-state index < -0.39 is 0 Å². The molecule has 0 radical (unpaired) electrons. The van der Waals surface area contributed by atoms with Gasteiger partial charge in [-0.15, -0.1) is 5.10 Å². The van der Waals surface area contributed by atoms with Gasteiger partial charge >= 0.3 is 0 Å². The summed E-state index contributed by atoms with van der Waals surface area (Å²) in [5, 5.41) is 5.06. The van der Waals surface area contributed by atoms with Gasteiger partial charge in [0.15, 0.2) is 0 Å². The molecule has 0 amide bonds. The van der Waals surface area contributed by atoms with Crippen molar-refractivity contribution in [2.45, 2.75) is 6.61 Å². The minimum Gasteiger partial charge on any atom is -0.487 e. The van der Waals surface area contributed by atoms with Gasteiger partial charge in [-0.25, -0.2) is 0 Å². The van der Waals surface area contributed by atoms with Gasteiger partial charge in [0, 0.05) is 16.6 Å². The highest BCUT2D eigenvalue weighted by Crippen LogP contribution is 2.19. The summed E-state index contributed by atoms with van der Waals surface area (Å²) >= 11 is 6.96. The number of aromatic nitrogens is 2. The van der Waals surface area contributed by atoms with Crippen LogP contribution in [0.2, 0.25) is 5.02 Å². The van der Waals surface area contributed by atoms with Crippen molar-refractivity contribution in [2.75, 3.05) is 5.73 Å². The number of anilines is 1. The molecule has 0 spiro atoms. The van der Waals surface area contributed by atoms with Crippen LogP contribution in [0.1, 0.15) is 5.69 Å². The van der Waals surface area contributed by atoms with Crippen molar-refractivity contribution < 1.29 is 4.74 Å². The molecule has 0 saturated carbocycles. The Morgan fingerprint density at radius 2 is 2.33 bits per heavy atom. The maximum atomic E-state index is 5.81. The molecule has 0 unspecified atom stereocenters. The van der Waals surface area contributed by atoms with Crippen molar-refractivity contribution >= 4 is 28.1 Å². The number of hydrogen-bond donors (Lipinski definition) is 1. The van der Waals surface area contributed by atoms with E-state index in [0.29, 0.717) is 28.1 Å². The summed E-state index contributed by atoms with van der Waals surface area (Å²) in [4.78, 5) is 0. The Morgan fingerprint density at radius 3 is 3.00 bits per heavy atom. The monoisotopic (exact) mass is 241 g/mol.